The molecule has 3 aromatic rings. The van der Waals surface area contributed by atoms with Crippen molar-refractivity contribution < 1.29 is 17.9 Å². The van der Waals surface area contributed by atoms with Crippen LogP contribution in [0, 0.1) is 0 Å². The minimum absolute atomic E-state index is 0.334. The molecule has 0 aliphatic carbocycles. The molecule has 0 saturated heterocycles. The van der Waals surface area contributed by atoms with Crippen LogP contribution in [-0.2, 0) is 14.8 Å². The van der Waals surface area contributed by atoms with Gasteiger partial charge in [0.05, 0.1) is 17.6 Å². The van der Waals surface area contributed by atoms with Gasteiger partial charge >= 0.3 is 0 Å². The number of carbonyl (C=O) groups is 1. The number of amides is 1. The zero-order valence-corrected chi connectivity index (χ0v) is 19.0. The van der Waals surface area contributed by atoms with Crippen LogP contribution in [0.15, 0.2) is 77.3 Å². The fraction of sp³-hybridized carbons (Fsp3) is 0.0952. The van der Waals surface area contributed by atoms with Crippen LogP contribution in [0.4, 0.5) is 11.4 Å². The number of halogens is 2. The molecular formula is C21H18BrClN2O4S. The SMILES string of the molecule is CS(=O)(=O)N(CC(=O)Nc1cc(Cl)ccc1Oc1ccccc1)c1ccc(Br)cc1. The second-order valence-electron chi connectivity index (χ2n) is 6.35. The summed E-state index contributed by atoms with van der Waals surface area (Å²) in [6, 6.07) is 20.5. The summed E-state index contributed by atoms with van der Waals surface area (Å²) in [5.41, 5.74) is 0.711. The normalized spacial score (nSPS) is 11.0. The van der Waals surface area contributed by atoms with Gasteiger partial charge < -0.3 is 10.1 Å². The van der Waals surface area contributed by atoms with Crippen molar-refractivity contribution in [3.05, 3.63) is 82.3 Å². The number of benzene rings is 3. The van der Waals surface area contributed by atoms with Gasteiger partial charge in [-0.2, -0.15) is 0 Å². The van der Waals surface area contributed by atoms with Crippen molar-refractivity contribution in [1.29, 1.82) is 0 Å². The number of hydrogen-bond donors (Lipinski definition) is 1. The number of hydrogen-bond acceptors (Lipinski definition) is 4. The largest absolute Gasteiger partial charge is 0.455 e. The number of carbonyl (C=O) groups excluding carboxylic acids is 1. The van der Waals surface area contributed by atoms with Crippen molar-refractivity contribution in [2.75, 3.05) is 22.4 Å². The Morgan fingerprint density at radius 1 is 1.07 bits per heavy atom. The molecule has 0 saturated carbocycles. The Bertz CT molecular complexity index is 1140. The van der Waals surface area contributed by atoms with Gasteiger partial charge in [0.1, 0.15) is 12.3 Å². The minimum Gasteiger partial charge on any atom is -0.455 e. The number of sulfonamides is 1. The Kier molecular flexibility index (Phi) is 7.02. The molecule has 30 heavy (non-hydrogen) atoms. The van der Waals surface area contributed by atoms with E-state index < -0.39 is 22.5 Å². The van der Waals surface area contributed by atoms with Crippen LogP contribution in [0.3, 0.4) is 0 Å². The summed E-state index contributed by atoms with van der Waals surface area (Å²) in [4.78, 5) is 12.7. The molecular weight excluding hydrogens is 492 g/mol. The molecule has 0 radical (unpaired) electrons. The number of nitrogens with zero attached hydrogens (tertiary/aromatic N) is 1. The molecule has 9 heteroatoms. The van der Waals surface area contributed by atoms with Crippen molar-refractivity contribution in [2.24, 2.45) is 0 Å². The topological polar surface area (TPSA) is 75.7 Å². The monoisotopic (exact) mass is 508 g/mol. The first-order valence-electron chi connectivity index (χ1n) is 8.78. The second kappa shape index (κ2) is 9.51. The number of para-hydroxylation sites is 1. The number of nitrogens with one attached hydrogen (secondary N) is 1. The lowest BCUT2D eigenvalue weighted by Crippen LogP contribution is -2.37. The van der Waals surface area contributed by atoms with Crippen molar-refractivity contribution in [2.45, 2.75) is 0 Å². The molecule has 3 aromatic carbocycles. The highest BCUT2D eigenvalue weighted by Gasteiger charge is 2.21. The van der Waals surface area contributed by atoms with E-state index in [4.69, 9.17) is 16.3 Å². The van der Waals surface area contributed by atoms with Crippen LogP contribution in [0.25, 0.3) is 0 Å². The molecule has 0 unspecified atom stereocenters. The van der Waals surface area contributed by atoms with Gasteiger partial charge in [-0.25, -0.2) is 8.42 Å². The van der Waals surface area contributed by atoms with E-state index in [1.807, 2.05) is 18.2 Å². The molecule has 0 spiro atoms. The lowest BCUT2D eigenvalue weighted by Gasteiger charge is -2.22. The van der Waals surface area contributed by atoms with Crippen molar-refractivity contribution >= 4 is 54.8 Å². The molecule has 0 aromatic heterocycles. The van der Waals surface area contributed by atoms with Crippen molar-refractivity contribution in [3.8, 4) is 11.5 Å². The summed E-state index contributed by atoms with van der Waals surface area (Å²) in [6.07, 6.45) is 1.05. The summed E-state index contributed by atoms with van der Waals surface area (Å²) in [5.74, 6) is 0.431. The Hall–Kier alpha value is -2.55. The molecule has 0 atom stereocenters. The maximum Gasteiger partial charge on any atom is 0.245 e. The number of anilines is 2. The molecule has 0 bridgehead atoms. The first-order chi connectivity index (χ1) is 14.2. The highest BCUT2D eigenvalue weighted by molar-refractivity contribution is 9.10. The van der Waals surface area contributed by atoms with Crippen LogP contribution in [-0.4, -0.2) is 27.1 Å². The minimum atomic E-state index is -3.69. The Morgan fingerprint density at radius 2 is 1.73 bits per heavy atom. The third-order valence-corrected chi connectivity index (χ3v) is 5.89. The summed E-state index contributed by atoms with van der Waals surface area (Å²) < 4.78 is 32.2. The molecule has 156 valence electrons. The van der Waals surface area contributed by atoms with Crippen LogP contribution in [0.1, 0.15) is 0 Å². The molecule has 0 aliphatic rings. The van der Waals surface area contributed by atoms with Crippen LogP contribution in [0.5, 0.6) is 11.5 Å². The summed E-state index contributed by atoms with van der Waals surface area (Å²) in [6.45, 7) is -0.405. The van der Waals surface area contributed by atoms with Gasteiger partial charge in [0.2, 0.25) is 15.9 Å². The van der Waals surface area contributed by atoms with E-state index in [1.54, 1.807) is 54.6 Å². The van der Waals surface area contributed by atoms with Crippen LogP contribution < -0.4 is 14.4 Å². The Balaban J connectivity index is 1.82. The fourth-order valence-electron chi connectivity index (χ4n) is 2.63. The van der Waals surface area contributed by atoms with Gasteiger partial charge in [-0.15, -0.1) is 0 Å². The van der Waals surface area contributed by atoms with Crippen molar-refractivity contribution in [3.63, 3.8) is 0 Å². The number of ether oxygens (including phenoxy) is 1. The number of rotatable bonds is 7. The summed E-state index contributed by atoms with van der Waals surface area (Å²) >= 11 is 9.38. The van der Waals surface area contributed by atoms with Gasteiger partial charge in [0.25, 0.3) is 0 Å². The third kappa shape index (κ3) is 5.98. The quantitative estimate of drug-likeness (QED) is 0.469. The van der Waals surface area contributed by atoms with Gasteiger partial charge in [-0.1, -0.05) is 45.7 Å². The van der Waals surface area contributed by atoms with E-state index in [0.29, 0.717) is 27.9 Å². The molecule has 0 fully saturated rings. The predicted molar refractivity (Wildman–Crippen MR) is 123 cm³/mol. The first kappa shape index (κ1) is 22.1. The average molecular weight is 510 g/mol. The predicted octanol–water partition coefficient (Wildman–Crippen LogP) is 5.30. The summed E-state index contributed by atoms with van der Waals surface area (Å²) in [5, 5.41) is 3.09. The van der Waals surface area contributed by atoms with Crippen molar-refractivity contribution in [1.82, 2.24) is 0 Å². The second-order valence-corrected chi connectivity index (χ2v) is 9.61. The average Bonchev–Trinajstić information content (AvgIpc) is 2.69. The van der Waals surface area contributed by atoms with Gasteiger partial charge in [-0.3, -0.25) is 9.10 Å². The van der Waals surface area contributed by atoms with E-state index in [1.165, 1.54) is 0 Å². The maximum absolute atomic E-state index is 12.7. The molecule has 1 N–H and O–H groups in total. The molecule has 0 aliphatic heterocycles. The Morgan fingerprint density at radius 3 is 2.37 bits per heavy atom. The van der Waals surface area contributed by atoms with E-state index in [9.17, 15) is 13.2 Å². The zero-order valence-electron chi connectivity index (χ0n) is 15.9. The first-order valence-corrected chi connectivity index (χ1v) is 11.8. The maximum atomic E-state index is 12.7. The highest BCUT2D eigenvalue weighted by Crippen LogP contribution is 2.32. The van der Waals surface area contributed by atoms with Gasteiger partial charge in [-0.05, 0) is 54.6 Å². The van der Waals surface area contributed by atoms with E-state index >= 15 is 0 Å². The summed E-state index contributed by atoms with van der Waals surface area (Å²) in [7, 11) is -3.69. The molecule has 0 heterocycles. The lowest BCUT2D eigenvalue weighted by atomic mass is 10.2. The zero-order chi connectivity index (χ0) is 21.7. The molecule has 6 nitrogen and oxygen atoms in total. The smallest absolute Gasteiger partial charge is 0.245 e. The fourth-order valence-corrected chi connectivity index (χ4v) is 3.92. The molecule has 3 rings (SSSR count). The van der Waals surface area contributed by atoms with Crippen LogP contribution >= 0.6 is 27.5 Å². The van der Waals surface area contributed by atoms with E-state index in [2.05, 4.69) is 21.2 Å². The lowest BCUT2D eigenvalue weighted by molar-refractivity contribution is -0.114. The molecule has 1 amide bonds. The highest BCUT2D eigenvalue weighted by atomic mass is 79.9. The third-order valence-electron chi connectivity index (χ3n) is 3.99. The van der Waals surface area contributed by atoms with Gasteiger partial charge in [0.15, 0.2) is 5.75 Å². The van der Waals surface area contributed by atoms with Gasteiger partial charge in [0, 0.05) is 9.50 Å². The van der Waals surface area contributed by atoms with E-state index in [-0.39, 0.29) is 0 Å². The van der Waals surface area contributed by atoms with E-state index in [0.717, 1.165) is 15.0 Å². The standard InChI is InChI=1S/C21H18BrClN2O4S/c1-30(27,28)25(17-10-7-15(22)8-11-17)14-21(26)24-19-13-16(23)9-12-20(19)29-18-5-3-2-4-6-18/h2-13H,14H2,1H3,(H,24,26). The van der Waals surface area contributed by atoms with Crippen LogP contribution in [0.2, 0.25) is 5.02 Å². The Labute approximate surface area is 188 Å².